The van der Waals surface area contributed by atoms with E-state index in [1.165, 1.54) is 0 Å². The number of hydrogen-bond donors (Lipinski definition) is 2. The maximum absolute atomic E-state index is 12.5. The van der Waals surface area contributed by atoms with Crippen LogP contribution < -0.4 is 10.6 Å². The number of aryl methyl sites for hydroxylation is 1. The van der Waals surface area contributed by atoms with Gasteiger partial charge in [0.15, 0.2) is 0 Å². The van der Waals surface area contributed by atoms with Gasteiger partial charge in [-0.25, -0.2) is 0 Å². The number of benzene rings is 1. The van der Waals surface area contributed by atoms with E-state index in [2.05, 4.69) is 15.7 Å². The standard InChI is InChI=1S/C15H18N4O/c1-2-19-10-11(9-17-19)18-15(20)13-7-8-16-14-6-4-3-5-12(13)14/h3-6,9-10,13,16H,2,7-8H2,1H3,(H,18,20). The third-order valence-corrected chi connectivity index (χ3v) is 3.63. The Balaban J connectivity index is 1.78. The Kier molecular flexibility index (Phi) is 3.41. The van der Waals surface area contributed by atoms with E-state index in [0.29, 0.717) is 0 Å². The molecule has 0 saturated heterocycles. The van der Waals surface area contributed by atoms with E-state index in [9.17, 15) is 4.79 Å². The third kappa shape index (κ3) is 2.39. The molecular weight excluding hydrogens is 252 g/mol. The van der Waals surface area contributed by atoms with Crippen LogP contribution in [0.4, 0.5) is 11.4 Å². The minimum absolute atomic E-state index is 0.0367. The van der Waals surface area contributed by atoms with Crippen molar-refractivity contribution in [1.82, 2.24) is 9.78 Å². The Bertz CT molecular complexity index is 620. The summed E-state index contributed by atoms with van der Waals surface area (Å²) in [5, 5.41) is 10.5. The number of aromatic nitrogens is 2. The molecule has 2 N–H and O–H groups in total. The number of carbonyl (C=O) groups is 1. The predicted octanol–water partition coefficient (Wildman–Crippen LogP) is 2.44. The minimum Gasteiger partial charge on any atom is -0.385 e. The van der Waals surface area contributed by atoms with Gasteiger partial charge in [-0.15, -0.1) is 0 Å². The highest BCUT2D eigenvalue weighted by Gasteiger charge is 2.26. The van der Waals surface area contributed by atoms with Crippen LogP contribution in [0.5, 0.6) is 0 Å². The number of nitrogens with one attached hydrogen (secondary N) is 2. The maximum atomic E-state index is 12.5. The molecule has 1 aromatic heterocycles. The summed E-state index contributed by atoms with van der Waals surface area (Å²) in [6.45, 7) is 3.64. The molecule has 1 unspecified atom stereocenters. The third-order valence-electron chi connectivity index (χ3n) is 3.63. The molecule has 0 fully saturated rings. The second kappa shape index (κ2) is 5.36. The molecule has 0 bridgehead atoms. The Morgan fingerprint density at radius 3 is 3.15 bits per heavy atom. The van der Waals surface area contributed by atoms with Crippen molar-refractivity contribution in [2.75, 3.05) is 17.2 Å². The molecule has 1 aromatic carbocycles. The molecule has 5 heteroatoms. The molecule has 1 aliphatic heterocycles. The van der Waals surface area contributed by atoms with Gasteiger partial charge in [0, 0.05) is 25.0 Å². The van der Waals surface area contributed by atoms with Gasteiger partial charge >= 0.3 is 0 Å². The zero-order chi connectivity index (χ0) is 13.9. The van der Waals surface area contributed by atoms with Crippen LogP contribution in [-0.2, 0) is 11.3 Å². The highest BCUT2D eigenvalue weighted by molar-refractivity contribution is 5.97. The molecule has 0 aliphatic carbocycles. The second-order valence-corrected chi connectivity index (χ2v) is 4.93. The van der Waals surface area contributed by atoms with Crippen LogP contribution >= 0.6 is 0 Å². The Morgan fingerprint density at radius 1 is 1.50 bits per heavy atom. The fourth-order valence-corrected chi connectivity index (χ4v) is 2.57. The molecule has 1 aliphatic rings. The molecule has 3 rings (SSSR count). The smallest absolute Gasteiger partial charge is 0.232 e. The minimum atomic E-state index is -0.0996. The van der Waals surface area contributed by atoms with Crippen LogP contribution in [0.1, 0.15) is 24.8 Å². The molecule has 1 atom stereocenters. The molecule has 0 saturated carbocycles. The highest BCUT2D eigenvalue weighted by atomic mass is 16.1. The van der Waals surface area contributed by atoms with Crippen LogP contribution in [0.15, 0.2) is 36.7 Å². The molecular formula is C15H18N4O. The van der Waals surface area contributed by atoms with Gasteiger partial charge in [-0.2, -0.15) is 5.10 Å². The number of amides is 1. The zero-order valence-electron chi connectivity index (χ0n) is 11.5. The van der Waals surface area contributed by atoms with Gasteiger partial charge in [0.1, 0.15) is 0 Å². The van der Waals surface area contributed by atoms with Crippen molar-refractivity contribution in [3.63, 3.8) is 0 Å². The lowest BCUT2D eigenvalue weighted by molar-refractivity contribution is -0.117. The lowest BCUT2D eigenvalue weighted by Gasteiger charge is -2.25. The molecule has 20 heavy (non-hydrogen) atoms. The summed E-state index contributed by atoms with van der Waals surface area (Å²) in [6, 6.07) is 7.99. The Hall–Kier alpha value is -2.30. The van der Waals surface area contributed by atoms with Gasteiger partial charge in [0.05, 0.1) is 17.8 Å². The monoisotopic (exact) mass is 270 g/mol. The molecule has 2 heterocycles. The summed E-state index contributed by atoms with van der Waals surface area (Å²) >= 11 is 0. The predicted molar refractivity (Wildman–Crippen MR) is 78.8 cm³/mol. The van der Waals surface area contributed by atoms with Crippen molar-refractivity contribution in [2.24, 2.45) is 0 Å². The van der Waals surface area contributed by atoms with E-state index in [0.717, 1.165) is 36.4 Å². The van der Waals surface area contributed by atoms with E-state index < -0.39 is 0 Å². The number of fused-ring (bicyclic) bond motifs is 1. The van der Waals surface area contributed by atoms with Gasteiger partial charge in [0.25, 0.3) is 0 Å². The van der Waals surface area contributed by atoms with Crippen molar-refractivity contribution < 1.29 is 4.79 Å². The van der Waals surface area contributed by atoms with Crippen LogP contribution in [0.3, 0.4) is 0 Å². The Morgan fingerprint density at radius 2 is 2.35 bits per heavy atom. The quantitative estimate of drug-likeness (QED) is 0.900. The van der Waals surface area contributed by atoms with E-state index in [-0.39, 0.29) is 11.8 Å². The highest BCUT2D eigenvalue weighted by Crippen LogP contribution is 2.32. The second-order valence-electron chi connectivity index (χ2n) is 4.93. The number of carbonyl (C=O) groups excluding carboxylic acids is 1. The van der Waals surface area contributed by atoms with Crippen LogP contribution in [-0.4, -0.2) is 22.2 Å². The molecule has 2 aromatic rings. The number of hydrogen-bond acceptors (Lipinski definition) is 3. The molecule has 0 spiro atoms. The Labute approximate surface area is 118 Å². The first-order valence-electron chi connectivity index (χ1n) is 6.94. The van der Waals surface area contributed by atoms with Gasteiger partial charge in [-0.3, -0.25) is 9.48 Å². The van der Waals surface area contributed by atoms with Gasteiger partial charge in [-0.1, -0.05) is 18.2 Å². The van der Waals surface area contributed by atoms with Crippen molar-refractivity contribution in [3.8, 4) is 0 Å². The van der Waals surface area contributed by atoms with Gasteiger partial charge in [0.2, 0.25) is 5.91 Å². The first-order chi connectivity index (χ1) is 9.78. The van der Waals surface area contributed by atoms with E-state index in [1.54, 1.807) is 10.9 Å². The molecule has 5 nitrogen and oxygen atoms in total. The van der Waals surface area contributed by atoms with Crippen molar-refractivity contribution in [3.05, 3.63) is 42.2 Å². The first kappa shape index (κ1) is 12.7. The molecule has 1 amide bonds. The van der Waals surface area contributed by atoms with Crippen LogP contribution in [0, 0.1) is 0 Å². The van der Waals surface area contributed by atoms with Crippen molar-refractivity contribution in [2.45, 2.75) is 25.8 Å². The first-order valence-corrected chi connectivity index (χ1v) is 6.94. The summed E-state index contributed by atoms with van der Waals surface area (Å²) in [4.78, 5) is 12.5. The largest absolute Gasteiger partial charge is 0.385 e. The zero-order valence-corrected chi connectivity index (χ0v) is 11.5. The average Bonchev–Trinajstić information content (AvgIpc) is 2.94. The van der Waals surface area contributed by atoms with Crippen LogP contribution in [0.25, 0.3) is 0 Å². The number of para-hydroxylation sites is 1. The summed E-state index contributed by atoms with van der Waals surface area (Å²) in [6.07, 6.45) is 4.35. The average molecular weight is 270 g/mol. The molecule has 0 radical (unpaired) electrons. The van der Waals surface area contributed by atoms with Gasteiger partial charge in [-0.05, 0) is 25.0 Å². The van der Waals surface area contributed by atoms with Crippen molar-refractivity contribution >= 4 is 17.3 Å². The van der Waals surface area contributed by atoms with E-state index in [1.807, 2.05) is 37.4 Å². The van der Waals surface area contributed by atoms with Crippen molar-refractivity contribution in [1.29, 1.82) is 0 Å². The fourth-order valence-electron chi connectivity index (χ4n) is 2.57. The van der Waals surface area contributed by atoms with Crippen LogP contribution in [0.2, 0.25) is 0 Å². The maximum Gasteiger partial charge on any atom is 0.232 e. The number of anilines is 2. The normalized spacial score (nSPS) is 17.1. The lowest BCUT2D eigenvalue weighted by atomic mass is 9.90. The lowest BCUT2D eigenvalue weighted by Crippen LogP contribution is -2.27. The SMILES string of the molecule is CCn1cc(NC(=O)C2CCNc3ccccc32)cn1. The summed E-state index contributed by atoms with van der Waals surface area (Å²) in [5.74, 6) is -0.0629. The fraction of sp³-hybridized carbons (Fsp3) is 0.333. The summed E-state index contributed by atoms with van der Waals surface area (Å²) in [7, 11) is 0. The number of rotatable bonds is 3. The summed E-state index contributed by atoms with van der Waals surface area (Å²) in [5.41, 5.74) is 2.88. The molecule has 104 valence electrons. The number of nitrogens with zero attached hydrogens (tertiary/aromatic N) is 2. The van der Waals surface area contributed by atoms with E-state index in [4.69, 9.17) is 0 Å². The topological polar surface area (TPSA) is 59.0 Å². The van der Waals surface area contributed by atoms with Gasteiger partial charge < -0.3 is 10.6 Å². The van der Waals surface area contributed by atoms with E-state index >= 15 is 0 Å². The summed E-state index contributed by atoms with van der Waals surface area (Å²) < 4.78 is 1.80.